The molecule has 1 unspecified atom stereocenters. The Labute approximate surface area is 128 Å². The van der Waals surface area contributed by atoms with E-state index in [1.54, 1.807) is 0 Å². The van der Waals surface area contributed by atoms with Gasteiger partial charge in [0.1, 0.15) is 0 Å². The monoisotopic (exact) mass is 285 g/mol. The van der Waals surface area contributed by atoms with Crippen LogP contribution in [0.1, 0.15) is 36.4 Å². The molecule has 0 aliphatic carbocycles. The fourth-order valence-corrected chi connectivity index (χ4v) is 2.80. The van der Waals surface area contributed by atoms with E-state index in [0.29, 0.717) is 6.04 Å². The number of hydrogen-bond donors (Lipinski definition) is 1. The number of nitrogens with one attached hydrogen (secondary N) is 1. The molecule has 0 aliphatic rings. The Morgan fingerprint density at radius 2 is 1.95 bits per heavy atom. The van der Waals surface area contributed by atoms with Crippen LogP contribution in [0.25, 0.3) is 0 Å². The zero-order chi connectivity index (χ0) is 15.2. The fourth-order valence-electron chi connectivity index (χ4n) is 2.80. The quantitative estimate of drug-likeness (QED) is 0.847. The molecule has 0 bridgehead atoms. The number of hydrogen-bond acceptors (Lipinski definition) is 2. The van der Waals surface area contributed by atoms with E-state index in [0.717, 1.165) is 25.8 Å². The Balaban J connectivity index is 2.11. The van der Waals surface area contributed by atoms with Gasteiger partial charge >= 0.3 is 0 Å². The Kier molecular flexibility index (Phi) is 5.57. The maximum Gasteiger partial charge on any atom is 0.0624 e. The molecule has 0 spiro atoms. The molecule has 0 saturated carbocycles. The Hall–Kier alpha value is -1.61. The van der Waals surface area contributed by atoms with E-state index in [2.05, 4.69) is 61.5 Å². The van der Waals surface area contributed by atoms with Gasteiger partial charge in [0.2, 0.25) is 0 Å². The summed E-state index contributed by atoms with van der Waals surface area (Å²) >= 11 is 0. The van der Waals surface area contributed by atoms with Crippen molar-refractivity contribution in [3.63, 3.8) is 0 Å². The highest BCUT2D eigenvalue weighted by Crippen LogP contribution is 2.14. The average Bonchev–Trinajstić information content (AvgIpc) is 2.82. The molecule has 3 nitrogen and oxygen atoms in total. The minimum Gasteiger partial charge on any atom is -0.314 e. The second-order valence-electron chi connectivity index (χ2n) is 5.69. The van der Waals surface area contributed by atoms with Gasteiger partial charge in [-0.25, -0.2) is 0 Å². The Morgan fingerprint density at radius 3 is 2.57 bits per heavy atom. The summed E-state index contributed by atoms with van der Waals surface area (Å²) in [5.41, 5.74) is 5.30. The topological polar surface area (TPSA) is 29.9 Å². The summed E-state index contributed by atoms with van der Waals surface area (Å²) in [6.45, 7) is 7.51. The first-order valence-corrected chi connectivity index (χ1v) is 7.93. The SMILES string of the molecule is CCNC(Cc1ccccc1C)Cc1cc(CC)nn1C. The summed E-state index contributed by atoms with van der Waals surface area (Å²) in [6, 6.07) is 11.4. The predicted molar refractivity (Wildman–Crippen MR) is 88.6 cm³/mol. The minimum absolute atomic E-state index is 0.455. The summed E-state index contributed by atoms with van der Waals surface area (Å²) in [6.07, 6.45) is 3.08. The van der Waals surface area contributed by atoms with Crippen molar-refractivity contribution in [3.05, 3.63) is 52.8 Å². The van der Waals surface area contributed by atoms with Gasteiger partial charge in [-0.15, -0.1) is 0 Å². The molecule has 114 valence electrons. The lowest BCUT2D eigenvalue weighted by Gasteiger charge is -2.19. The van der Waals surface area contributed by atoms with Crippen molar-refractivity contribution in [1.82, 2.24) is 15.1 Å². The van der Waals surface area contributed by atoms with Crippen LogP contribution in [-0.4, -0.2) is 22.4 Å². The largest absolute Gasteiger partial charge is 0.314 e. The molecular weight excluding hydrogens is 258 g/mol. The number of nitrogens with zero attached hydrogens (tertiary/aromatic N) is 2. The standard InChI is InChI=1S/C18H27N3/c1-5-16-12-18(21(4)20-16)13-17(19-6-2)11-15-10-8-7-9-14(15)3/h7-10,12,17,19H,5-6,11,13H2,1-4H3. The van der Waals surface area contributed by atoms with Crippen LogP contribution in [0.5, 0.6) is 0 Å². The van der Waals surface area contributed by atoms with Gasteiger partial charge in [0, 0.05) is 25.2 Å². The van der Waals surface area contributed by atoms with Crippen molar-refractivity contribution in [2.75, 3.05) is 6.54 Å². The van der Waals surface area contributed by atoms with E-state index in [1.165, 1.54) is 22.5 Å². The first-order valence-electron chi connectivity index (χ1n) is 7.93. The van der Waals surface area contributed by atoms with E-state index in [1.807, 2.05) is 11.7 Å². The second-order valence-corrected chi connectivity index (χ2v) is 5.69. The molecule has 0 aliphatic heterocycles. The molecule has 21 heavy (non-hydrogen) atoms. The predicted octanol–water partition coefficient (Wildman–Crippen LogP) is 3.05. The summed E-state index contributed by atoms with van der Waals surface area (Å²) in [7, 11) is 2.05. The third-order valence-corrected chi connectivity index (χ3v) is 4.07. The van der Waals surface area contributed by atoms with Crippen molar-refractivity contribution >= 4 is 0 Å². The zero-order valence-electron chi connectivity index (χ0n) is 13.7. The highest BCUT2D eigenvalue weighted by Gasteiger charge is 2.14. The van der Waals surface area contributed by atoms with Crippen molar-refractivity contribution in [2.45, 2.75) is 46.1 Å². The number of aryl methyl sites for hydroxylation is 3. The van der Waals surface area contributed by atoms with Crippen LogP contribution in [0.15, 0.2) is 30.3 Å². The second kappa shape index (κ2) is 7.41. The third kappa shape index (κ3) is 4.18. The van der Waals surface area contributed by atoms with E-state index >= 15 is 0 Å². The Morgan fingerprint density at radius 1 is 1.19 bits per heavy atom. The summed E-state index contributed by atoms with van der Waals surface area (Å²) < 4.78 is 2.03. The molecule has 0 radical (unpaired) electrons. The Bertz CT molecular complexity index is 572. The lowest BCUT2D eigenvalue weighted by Crippen LogP contribution is -2.33. The molecule has 2 rings (SSSR count). The van der Waals surface area contributed by atoms with Gasteiger partial charge in [0.25, 0.3) is 0 Å². The first-order chi connectivity index (χ1) is 10.1. The van der Waals surface area contributed by atoms with Gasteiger partial charge in [-0.2, -0.15) is 5.10 Å². The van der Waals surface area contributed by atoms with Crippen LogP contribution in [-0.2, 0) is 26.3 Å². The molecular formula is C18H27N3. The maximum atomic E-state index is 4.56. The summed E-state index contributed by atoms with van der Waals surface area (Å²) in [4.78, 5) is 0. The van der Waals surface area contributed by atoms with Gasteiger partial charge in [0.15, 0.2) is 0 Å². The van der Waals surface area contributed by atoms with Crippen molar-refractivity contribution in [1.29, 1.82) is 0 Å². The highest BCUT2D eigenvalue weighted by atomic mass is 15.3. The summed E-state index contributed by atoms with van der Waals surface area (Å²) in [5.74, 6) is 0. The van der Waals surface area contributed by atoms with Crippen LogP contribution >= 0.6 is 0 Å². The average molecular weight is 285 g/mol. The minimum atomic E-state index is 0.455. The fraction of sp³-hybridized carbons (Fsp3) is 0.500. The molecule has 1 aromatic carbocycles. The number of aromatic nitrogens is 2. The smallest absolute Gasteiger partial charge is 0.0624 e. The lowest BCUT2D eigenvalue weighted by atomic mass is 9.98. The van der Waals surface area contributed by atoms with Crippen LogP contribution in [0.4, 0.5) is 0 Å². The van der Waals surface area contributed by atoms with Crippen LogP contribution in [0.2, 0.25) is 0 Å². The third-order valence-electron chi connectivity index (χ3n) is 4.07. The van der Waals surface area contributed by atoms with Gasteiger partial charge in [-0.3, -0.25) is 4.68 Å². The molecule has 3 heteroatoms. The summed E-state index contributed by atoms with van der Waals surface area (Å²) in [5, 5.41) is 8.18. The molecule has 1 N–H and O–H groups in total. The molecule has 0 saturated heterocycles. The normalized spacial score (nSPS) is 12.6. The number of rotatable bonds is 7. The van der Waals surface area contributed by atoms with E-state index in [4.69, 9.17) is 0 Å². The van der Waals surface area contributed by atoms with Crippen molar-refractivity contribution in [2.24, 2.45) is 7.05 Å². The molecule has 2 aromatic rings. The molecule has 1 aromatic heterocycles. The molecule has 0 fully saturated rings. The lowest BCUT2D eigenvalue weighted by molar-refractivity contribution is 0.503. The molecule has 1 heterocycles. The van der Waals surface area contributed by atoms with E-state index in [9.17, 15) is 0 Å². The molecule has 1 atom stereocenters. The van der Waals surface area contributed by atoms with Crippen molar-refractivity contribution < 1.29 is 0 Å². The van der Waals surface area contributed by atoms with Gasteiger partial charge < -0.3 is 5.32 Å². The molecule has 0 amide bonds. The van der Waals surface area contributed by atoms with Crippen LogP contribution in [0.3, 0.4) is 0 Å². The van der Waals surface area contributed by atoms with Gasteiger partial charge in [-0.05, 0) is 43.5 Å². The first kappa shape index (κ1) is 15.8. The van der Waals surface area contributed by atoms with Gasteiger partial charge in [-0.1, -0.05) is 38.1 Å². The number of benzene rings is 1. The van der Waals surface area contributed by atoms with E-state index in [-0.39, 0.29) is 0 Å². The van der Waals surface area contributed by atoms with Gasteiger partial charge in [0.05, 0.1) is 5.69 Å². The zero-order valence-corrected chi connectivity index (χ0v) is 13.7. The van der Waals surface area contributed by atoms with E-state index < -0.39 is 0 Å². The maximum absolute atomic E-state index is 4.56. The number of likely N-dealkylation sites (N-methyl/N-ethyl adjacent to an activating group) is 1. The van der Waals surface area contributed by atoms with Crippen molar-refractivity contribution in [3.8, 4) is 0 Å². The highest BCUT2D eigenvalue weighted by molar-refractivity contribution is 5.26. The van der Waals surface area contributed by atoms with Crippen LogP contribution in [0, 0.1) is 6.92 Å². The van der Waals surface area contributed by atoms with Crippen LogP contribution < -0.4 is 5.32 Å².